The third kappa shape index (κ3) is 3.17. The molecule has 2 aliphatic heterocycles. The molecule has 2 fully saturated rings. The van der Waals surface area contributed by atoms with Crippen LogP contribution in [0.3, 0.4) is 0 Å². The number of likely N-dealkylation sites (tertiary alicyclic amines) is 1. The van der Waals surface area contributed by atoms with E-state index < -0.39 is 0 Å². The van der Waals surface area contributed by atoms with Gasteiger partial charge < -0.3 is 14.8 Å². The Bertz CT molecular complexity index is 618. The molecule has 0 bridgehead atoms. The SMILES string of the molecule is COc1ccc([C@H]2CCCN2CN2C(=O)CCNC2=O)c(OC)c1. The maximum Gasteiger partial charge on any atom is 0.325 e. The number of methoxy groups -OCH3 is 2. The standard InChI is InChI=1S/C17H23N3O4/c1-23-12-5-6-13(15(10-12)24-2)14-4-3-9-19(14)11-20-16(21)7-8-18-17(20)22/h5-6,10,14H,3-4,7-9,11H2,1-2H3,(H,18,22)/t14-/m1/s1. The largest absolute Gasteiger partial charge is 0.497 e. The Morgan fingerprint density at radius 3 is 2.79 bits per heavy atom. The van der Waals surface area contributed by atoms with Crippen molar-refractivity contribution in [3.8, 4) is 11.5 Å². The Hall–Kier alpha value is -2.28. The quantitative estimate of drug-likeness (QED) is 0.889. The van der Waals surface area contributed by atoms with Crippen LogP contribution >= 0.6 is 0 Å². The minimum absolute atomic E-state index is 0.119. The van der Waals surface area contributed by atoms with Crippen LogP contribution in [0.4, 0.5) is 4.79 Å². The molecule has 1 atom stereocenters. The first kappa shape index (κ1) is 16.6. The van der Waals surface area contributed by atoms with Gasteiger partial charge in [0.25, 0.3) is 0 Å². The van der Waals surface area contributed by atoms with Gasteiger partial charge in [-0.25, -0.2) is 4.79 Å². The summed E-state index contributed by atoms with van der Waals surface area (Å²) in [6, 6.07) is 5.59. The van der Waals surface area contributed by atoms with Gasteiger partial charge in [-0.05, 0) is 18.9 Å². The second kappa shape index (κ2) is 7.09. The molecule has 2 saturated heterocycles. The Morgan fingerprint density at radius 1 is 1.25 bits per heavy atom. The molecule has 1 N–H and O–H groups in total. The molecule has 3 amide bonds. The van der Waals surface area contributed by atoms with Crippen LogP contribution in [0.15, 0.2) is 18.2 Å². The molecule has 7 nitrogen and oxygen atoms in total. The summed E-state index contributed by atoms with van der Waals surface area (Å²) in [5.74, 6) is 1.39. The summed E-state index contributed by atoms with van der Waals surface area (Å²) in [5.41, 5.74) is 1.06. The second-order valence-corrected chi connectivity index (χ2v) is 6.02. The van der Waals surface area contributed by atoms with Gasteiger partial charge >= 0.3 is 6.03 Å². The summed E-state index contributed by atoms with van der Waals surface area (Å²) in [4.78, 5) is 27.5. The minimum Gasteiger partial charge on any atom is -0.497 e. The van der Waals surface area contributed by atoms with Crippen LogP contribution in [0.2, 0.25) is 0 Å². The Morgan fingerprint density at radius 2 is 2.08 bits per heavy atom. The number of benzene rings is 1. The lowest BCUT2D eigenvalue weighted by Gasteiger charge is -2.33. The molecule has 0 saturated carbocycles. The van der Waals surface area contributed by atoms with E-state index in [2.05, 4.69) is 10.2 Å². The van der Waals surface area contributed by atoms with Crippen molar-refractivity contribution in [2.45, 2.75) is 25.3 Å². The van der Waals surface area contributed by atoms with Crippen LogP contribution in [0, 0.1) is 0 Å². The molecular weight excluding hydrogens is 310 g/mol. The molecule has 2 heterocycles. The van der Waals surface area contributed by atoms with Crippen LogP contribution in [-0.4, -0.2) is 55.7 Å². The molecule has 0 spiro atoms. The zero-order valence-electron chi connectivity index (χ0n) is 14.1. The molecule has 1 aromatic rings. The van der Waals surface area contributed by atoms with Crippen LogP contribution in [0.1, 0.15) is 30.9 Å². The summed E-state index contributed by atoms with van der Waals surface area (Å²) in [6.45, 7) is 1.57. The molecule has 130 valence electrons. The normalized spacial score (nSPS) is 21.8. The summed E-state index contributed by atoms with van der Waals surface area (Å²) in [5, 5.41) is 2.73. The van der Waals surface area contributed by atoms with Crippen molar-refractivity contribution in [2.24, 2.45) is 0 Å². The smallest absolute Gasteiger partial charge is 0.325 e. The van der Waals surface area contributed by atoms with Crippen molar-refractivity contribution >= 4 is 11.9 Å². The molecule has 0 unspecified atom stereocenters. The van der Waals surface area contributed by atoms with E-state index in [9.17, 15) is 9.59 Å². The van der Waals surface area contributed by atoms with Crippen LogP contribution in [0.25, 0.3) is 0 Å². The number of carbonyl (C=O) groups is 2. The van der Waals surface area contributed by atoms with Crippen molar-refractivity contribution < 1.29 is 19.1 Å². The highest BCUT2D eigenvalue weighted by Gasteiger charge is 2.34. The summed E-state index contributed by atoms with van der Waals surface area (Å²) in [7, 11) is 3.26. The number of carbonyl (C=O) groups excluding carboxylic acids is 2. The van der Waals surface area contributed by atoms with E-state index >= 15 is 0 Å². The first-order chi connectivity index (χ1) is 11.6. The summed E-state index contributed by atoms with van der Waals surface area (Å²) >= 11 is 0. The fraction of sp³-hybridized carbons (Fsp3) is 0.529. The van der Waals surface area contributed by atoms with E-state index in [1.807, 2.05) is 18.2 Å². The fourth-order valence-electron chi connectivity index (χ4n) is 3.39. The van der Waals surface area contributed by atoms with E-state index in [-0.39, 0.29) is 18.0 Å². The molecular formula is C17H23N3O4. The highest BCUT2D eigenvalue weighted by molar-refractivity contribution is 5.96. The van der Waals surface area contributed by atoms with Crippen molar-refractivity contribution in [1.82, 2.24) is 15.1 Å². The highest BCUT2D eigenvalue weighted by Crippen LogP contribution is 2.38. The van der Waals surface area contributed by atoms with Crippen molar-refractivity contribution in [3.05, 3.63) is 23.8 Å². The van der Waals surface area contributed by atoms with Crippen LogP contribution in [0.5, 0.6) is 11.5 Å². The number of imide groups is 1. The highest BCUT2D eigenvalue weighted by atomic mass is 16.5. The monoisotopic (exact) mass is 333 g/mol. The lowest BCUT2D eigenvalue weighted by molar-refractivity contribution is -0.131. The number of ether oxygens (including phenoxy) is 2. The first-order valence-electron chi connectivity index (χ1n) is 8.18. The van der Waals surface area contributed by atoms with Gasteiger partial charge in [-0.15, -0.1) is 0 Å². The predicted molar refractivity (Wildman–Crippen MR) is 88.0 cm³/mol. The van der Waals surface area contributed by atoms with Crippen molar-refractivity contribution in [3.63, 3.8) is 0 Å². The number of nitrogens with zero attached hydrogens (tertiary/aromatic N) is 2. The van der Waals surface area contributed by atoms with Gasteiger partial charge in [0.2, 0.25) is 5.91 Å². The Balaban J connectivity index is 1.80. The van der Waals surface area contributed by atoms with Gasteiger partial charge in [0.15, 0.2) is 0 Å². The van der Waals surface area contributed by atoms with E-state index in [0.29, 0.717) is 19.6 Å². The Labute approximate surface area is 141 Å². The second-order valence-electron chi connectivity index (χ2n) is 6.02. The lowest BCUT2D eigenvalue weighted by Crippen LogP contribution is -2.53. The number of hydrogen-bond acceptors (Lipinski definition) is 5. The van der Waals surface area contributed by atoms with Crippen LogP contribution < -0.4 is 14.8 Å². The van der Waals surface area contributed by atoms with E-state index in [1.54, 1.807) is 14.2 Å². The Kier molecular flexibility index (Phi) is 4.89. The summed E-state index contributed by atoms with van der Waals surface area (Å²) in [6.07, 6.45) is 2.34. The van der Waals surface area contributed by atoms with Gasteiger partial charge in [-0.3, -0.25) is 14.6 Å². The molecule has 7 heteroatoms. The molecule has 24 heavy (non-hydrogen) atoms. The van der Waals surface area contributed by atoms with E-state index in [0.717, 1.165) is 36.4 Å². The van der Waals surface area contributed by atoms with Crippen LogP contribution in [-0.2, 0) is 4.79 Å². The summed E-state index contributed by atoms with van der Waals surface area (Å²) < 4.78 is 10.8. The van der Waals surface area contributed by atoms with Gasteiger partial charge in [0.1, 0.15) is 11.5 Å². The maximum absolute atomic E-state index is 12.0. The lowest BCUT2D eigenvalue weighted by atomic mass is 10.0. The molecule has 0 aromatic heterocycles. The molecule has 0 radical (unpaired) electrons. The van der Waals surface area contributed by atoms with Crippen molar-refractivity contribution in [1.29, 1.82) is 0 Å². The van der Waals surface area contributed by atoms with Gasteiger partial charge in [-0.2, -0.15) is 0 Å². The zero-order valence-corrected chi connectivity index (χ0v) is 14.1. The average Bonchev–Trinajstić information content (AvgIpc) is 3.05. The molecule has 0 aliphatic carbocycles. The van der Waals surface area contributed by atoms with E-state index in [4.69, 9.17) is 9.47 Å². The van der Waals surface area contributed by atoms with Gasteiger partial charge in [-0.1, -0.05) is 6.07 Å². The predicted octanol–water partition coefficient (Wildman–Crippen LogP) is 1.74. The number of hydrogen-bond donors (Lipinski definition) is 1. The fourth-order valence-corrected chi connectivity index (χ4v) is 3.39. The molecule has 1 aromatic carbocycles. The number of urea groups is 1. The average molecular weight is 333 g/mol. The first-order valence-corrected chi connectivity index (χ1v) is 8.18. The third-order valence-corrected chi connectivity index (χ3v) is 4.65. The topological polar surface area (TPSA) is 71.1 Å². The number of rotatable bonds is 5. The van der Waals surface area contributed by atoms with Crippen molar-refractivity contribution in [2.75, 3.05) is 34.0 Å². The zero-order chi connectivity index (χ0) is 17.1. The van der Waals surface area contributed by atoms with Gasteiger partial charge in [0.05, 0.1) is 20.9 Å². The third-order valence-electron chi connectivity index (χ3n) is 4.65. The van der Waals surface area contributed by atoms with Gasteiger partial charge in [0, 0.05) is 37.2 Å². The molecule has 2 aliphatic rings. The molecule has 3 rings (SSSR count). The maximum atomic E-state index is 12.0. The van der Waals surface area contributed by atoms with E-state index in [1.165, 1.54) is 4.90 Å². The number of amides is 3. The number of nitrogens with one attached hydrogen (secondary N) is 1. The minimum atomic E-state index is -0.307.